The zero-order valence-electron chi connectivity index (χ0n) is 10.3. The minimum absolute atomic E-state index is 0.757. The maximum Gasteiger partial charge on any atom is 0.179 e. The van der Waals surface area contributed by atoms with E-state index in [-0.39, 0.29) is 0 Å². The molecule has 1 aliphatic rings. The molecule has 3 heterocycles. The van der Waals surface area contributed by atoms with Gasteiger partial charge in [-0.2, -0.15) is 0 Å². The molecule has 0 spiro atoms. The molecule has 1 aliphatic carbocycles. The first-order valence-electron chi connectivity index (χ1n) is 6.40. The molecule has 0 radical (unpaired) electrons. The normalized spacial score (nSPS) is 14.7. The summed E-state index contributed by atoms with van der Waals surface area (Å²) in [6.07, 6.45) is 10.1. The summed E-state index contributed by atoms with van der Waals surface area (Å²) in [5.41, 5.74) is 9.44. The summed E-state index contributed by atoms with van der Waals surface area (Å²) in [5.74, 6) is 0.842. The van der Waals surface area contributed by atoms with Crippen LogP contribution in [-0.4, -0.2) is 19.6 Å². The molecule has 2 N–H and O–H groups in total. The fourth-order valence-corrected chi connectivity index (χ4v) is 3.91. The Bertz CT molecular complexity index is 758. The third-order valence-corrected chi connectivity index (χ3v) is 4.76. The second-order valence-electron chi connectivity index (χ2n) is 4.78. The van der Waals surface area contributed by atoms with Gasteiger partial charge >= 0.3 is 0 Å². The molecule has 4 rings (SSSR count). The second kappa shape index (κ2) is 4.03. The Hall–Kier alpha value is -1.95. The molecule has 0 atom stereocenters. The molecule has 0 aliphatic heterocycles. The molecule has 6 heteroatoms. The molecule has 0 unspecified atom stereocenters. The maximum atomic E-state index is 6.23. The lowest BCUT2D eigenvalue weighted by Crippen LogP contribution is -2.01. The van der Waals surface area contributed by atoms with Gasteiger partial charge < -0.3 is 5.73 Å². The largest absolute Gasteiger partial charge is 0.390 e. The van der Waals surface area contributed by atoms with Crippen molar-refractivity contribution >= 4 is 22.0 Å². The predicted molar refractivity (Wildman–Crippen MR) is 75.1 cm³/mol. The van der Waals surface area contributed by atoms with Crippen LogP contribution in [0.25, 0.3) is 17.0 Å². The summed E-state index contributed by atoms with van der Waals surface area (Å²) in [4.78, 5) is 5.49. The van der Waals surface area contributed by atoms with E-state index in [2.05, 4.69) is 15.2 Å². The van der Waals surface area contributed by atoms with Gasteiger partial charge in [-0.1, -0.05) is 0 Å². The van der Waals surface area contributed by atoms with Gasteiger partial charge in [-0.3, -0.25) is 9.38 Å². The lowest BCUT2D eigenvalue weighted by molar-refractivity contribution is 0.697. The smallest absolute Gasteiger partial charge is 0.179 e. The third-order valence-electron chi connectivity index (χ3n) is 3.64. The van der Waals surface area contributed by atoms with Gasteiger partial charge in [0.2, 0.25) is 0 Å². The van der Waals surface area contributed by atoms with Gasteiger partial charge in [-0.05, 0) is 31.2 Å². The van der Waals surface area contributed by atoms with E-state index in [1.807, 2.05) is 10.6 Å². The number of aromatic nitrogens is 4. The van der Waals surface area contributed by atoms with E-state index in [9.17, 15) is 0 Å². The van der Waals surface area contributed by atoms with Crippen LogP contribution in [0.1, 0.15) is 23.3 Å². The average Bonchev–Trinajstić information content (AvgIpc) is 2.98. The molecule has 19 heavy (non-hydrogen) atoms. The van der Waals surface area contributed by atoms with Crippen molar-refractivity contribution < 1.29 is 0 Å². The number of nitrogen functional groups attached to an aromatic ring is 1. The Morgan fingerprint density at radius 2 is 2.11 bits per heavy atom. The Morgan fingerprint density at radius 3 is 3.05 bits per heavy atom. The third kappa shape index (κ3) is 1.56. The van der Waals surface area contributed by atoms with Gasteiger partial charge in [-0.15, -0.1) is 21.5 Å². The number of rotatable bonds is 1. The van der Waals surface area contributed by atoms with Crippen LogP contribution in [0.15, 0.2) is 18.6 Å². The van der Waals surface area contributed by atoms with Crippen molar-refractivity contribution in [3.05, 3.63) is 29.0 Å². The number of hydrogen-bond donors (Lipinski definition) is 1. The minimum Gasteiger partial charge on any atom is -0.390 e. The van der Waals surface area contributed by atoms with E-state index in [0.717, 1.165) is 34.9 Å². The minimum atomic E-state index is 0.757. The van der Waals surface area contributed by atoms with Crippen LogP contribution in [0.5, 0.6) is 0 Å². The maximum absolute atomic E-state index is 6.23. The first kappa shape index (κ1) is 10.9. The van der Waals surface area contributed by atoms with Gasteiger partial charge in [0.1, 0.15) is 0 Å². The van der Waals surface area contributed by atoms with Crippen LogP contribution in [0.3, 0.4) is 0 Å². The molecule has 0 bridgehead atoms. The summed E-state index contributed by atoms with van der Waals surface area (Å²) in [5, 5.41) is 9.33. The molecular formula is C13H13N5S. The fourth-order valence-electron chi connectivity index (χ4n) is 2.76. The Labute approximate surface area is 114 Å². The summed E-state index contributed by atoms with van der Waals surface area (Å²) >= 11 is 1.70. The number of anilines is 1. The number of aryl methyl sites for hydroxylation is 1. The summed E-state index contributed by atoms with van der Waals surface area (Å²) < 4.78 is 1.96. The zero-order valence-corrected chi connectivity index (χ0v) is 11.2. The monoisotopic (exact) mass is 271 g/mol. The predicted octanol–water partition coefficient (Wildman–Crippen LogP) is 2.31. The van der Waals surface area contributed by atoms with Gasteiger partial charge in [0.25, 0.3) is 0 Å². The highest BCUT2D eigenvalue weighted by Gasteiger charge is 2.23. The quantitative estimate of drug-likeness (QED) is 0.737. The van der Waals surface area contributed by atoms with Crippen LogP contribution in [0.2, 0.25) is 0 Å². The van der Waals surface area contributed by atoms with Crippen LogP contribution >= 0.6 is 11.3 Å². The number of nitrogens with two attached hydrogens (primary N) is 1. The van der Waals surface area contributed by atoms with Crippen molar-refractivity contribution in [3.8, 4) is 11.4 Å². The van der Waals surface area contributed by atoms with Crippen LogP contribution in [0, 0.1) is 0 Å². The van der Waals surface area contributed by atoms with Crippen LogP contribution in [0.4, 0.5) is 5.00 Å². The van der Waals surface area contributed by atoms with E-state index < -0.39 is 0 Å². The van der Waals surface area contributed by atoms with Gasteiger partial charge in [0.15, 0.2) is 11.5 Å². The first-order chi connectivity index (χ1) is 9.34. The second-order valence-corrected chi connectivity index (χ2v) is 5.92. The van der Waals surface area contributed by atoms with E-state index in [1.165, 1.54) is 23.3 Å². The summed E-state index contributed by atoms with van der Waals surface area (Å²) in [6.45, 7) is 0. The first-order valence-corrected chi connectivity index (χ1v) is 7.21. The van der Waals surface area contributed by atoms with E-state index >= 15 is 0 Å². The highest BCUT2D eigenvalue weighted by atomic mass is 32.1. The van der Waals surface area contributed by atoms with Crippen molar-refractivity contribution in [2.75, 3.05) is 5.73 Å². The highest BCUT2D eigenvalue weighted by molar-refractivity contribution is 7.16. The lowest BCUT2D eigenvalue weighted by Gasteiger charge is -2.11. The van der Waals surface area contributed by atoms with E-state index in [0.29, 0.717) is 0 Å². The molecule has 0 saturated heterocycles. The Kier molecular flexibility index (Phi) is 2.32. The van der Waals surface area contributed by atoms with E-state index in [4.69, 9.17) is 5.73 Å². The Morgan fingerprint density at radius 1 is 1.21 bits per heavy atom. The van der Waals surface area contributed by atoms with Crippen LogP contribution < -0.4 is 5.73 Å². The molecule has 3 aromatic rings. The number of fused-ring (bicyclic) bond motifs is 2. The number of thiophene rings is 1. The Balaban J connectivity index is 2.00. The van der Waals surface area contributed by atoms with Crippen molar-refractivity contribution in [1.29, 1.82) is 0 Å². The molecular weight excluding hydrogens is 258 g/mol. The molecule has 0 saturated carbocycles. The molecule has 5 nitrogen and oxygen atoms in total. The van der Waals surface area contributed by atoms with Crippen molar-refractivity contribution in [2.24, 2.45) is 0 Å². The van der Waals surface area contributed by atoms with Crippen molar-refractivity contribution in [2.45, 2.75) is 25.7 Å². The lowest BCUT2D eigenvalue weighted by atomic mass is 9.95. The zero-order chi connectivity index (χ0) is 12.8. The molecule has 96 valence electrons. The molecule has 0 amide bonds. The van der Waals surface area contributed by atoms with Crippen LogP contribution in [-0.2, 0) is 12.8 Å². The fraction of sp³-hybridized carbons (Fsp3) is 0.308. The average molecular weight is 271 g/mol. The number of hydrogen-bond acceptors (Lipinski definition) is 5. The SMILES string of the molecule is Nc1sc2c(c1-c1nnc3cnccn13)CCCC2. The van der Waals surface area contributed by atoms with Crippen molar-refractivity contribution in [1.82, 2.24) is 19.6 Å². The molecule has 3 aromatic heterocycles. The molecule has 0 fully saturated rings. The molecule has 0 aromatic carbocycles. The van der Waals surface area contributed by atoms with Gasteiger partial charge in [-0.25, -0.2) is 0 Å². The topological polar surface area (TPSA) is 69.1 Å². The summed E-state index contributed by atoms with van der Waals surface area (Å²) in [7, 11) is 0. The number of nitrogens with zero attached hydrogens (tertiary/aromatic N) is 4. The standard InChI is InChI=1S/C13H13N5S/c14-12-11(8-3-1-2-4-9(8)19-12)13-17-16-10-7-15-5-6-18(10)13/h5-7H,1-4,14H2. The highest BCUT2D eigenvalue weighted by Crippen LogP contribution is 2.41. The van der Waals surface area contributed by atoms with Crippen molar-refractivity contribution in [3.63, 3.8) is 0 Å². The van der Waals surface area contributed by atoms with Gasteiger partial charge in [0.05, 0.1) is 16.8 Å². The van der Waals surface area contributed by atoms with E-state index in [1.54, 1.807) is 23.7 Å². The summed E-state index contributed by atoms with van der Waals surface area (Å²) in [6, 6.07) is 0. The van der Waals surface area contributed by atoms with Gasteiger partial charge in [0, 0.05) is 17.3 Å².